The second kappa shape index (κ2) is 5.81. The van der Waals surface area contributed by atoms with Crippen molar-refractivity contribution in [3.8, 4) is 0 Å². The molecule has 0 saturated carbocycles. The summed E-state index contributed by atoms with van der Waals surface area (Å²) in [6, 6.07) is 0. The number of hydrogen-bond donors (Lipinski definition) is 2. The molecular weight excluding hydrogens is 178 g/mol. The van der Waals surface area contributed by atoms with Crippen LogP contribution in [-0.2, 0) is 4.79 Å². The molecule has 0 aliphatic rings. The maximum atomic E-state index is 11.0. The van der Waals surface area contributed by atoms with Gasteiger partial charge in [-0.05, 0) is 11.8 Å². The SMILES string of the molecule is C=CCC(=O)NCC(O)CC(C)(C)C. The molecule has 0 bridgehead atoms. The minimum Gasteiger partial charge on any atom is -0.391 e. The Morgan fingerprint density at radius 2 is 2.14 bits per heavy atom. The number of rotatable bonds is 5. The van der Waals surface area contributed by atoms with Crippen LogP contribution in [0.4, 0.5) is 0 Å². The molecule has 3 heteroatoms. The van der Waals surface area contributed by atoms with E-state index in [2.05, 4.69) is 32.7 Å². The van der Waals surface area contributed by atoms with Crippen molar-refractivity contribution in [2.45, 2.75) is 39.7 Å². The molecule has 0 fully saturated rings. The molecule has 0 spiro atoms. The number of amides is 1. The van der Waals surface area contributed by atoms with Crippen molar-refractivity contribution in [1.29, 1.82) is 0 Å². The van der Waals surface area contributed by atoms with Crippen molar-refractivity contribution in [3.63, 3.8) is 0 Å². The molecule has 1 unspecified atom stereocenters. The fraction of sp³-hybridized carbons (Fsp3) is 0.727. The molecule has 0 aromatic carbocycles. The quantitative estimate of drug-likeness (QED) is 0.659. The zero-order chi connectivity index (χ0) is 11.2. The van der Waals surface area contributed by atoms with Crippen LogP contribution in [0.2, 0.25) is 0 Å². The molecule has 0 radical (unpaired) electrons. The van der Waals surface area contributed by atoms with E-state index in [1.54, 1.807) is 6.08 Å². The lowest BCUT2D eigenvalue weighted by atomic mass is 9.89. The van der Waals surface area contributed by atoms with Gasteiger partial charge in [0.15, 0.2) is 0 Å². The van der Waals surface area contributed by atoms with Crippen LogP contribution in [0.1, 0.15) is 33.6 Å². The smallest absolute Gasteiger partial charge is 0.223 e. The van der Waals surface area contributed by atoms with Crippen LogP contribution in [0.5, 0.6) is 0 Å². The van der Waals surface area contributed by atoms with Gasteiger partial charge >= 0.3 is 0 Å². The molecule has 14 heavy (non-hydrogen) atoms. The Morgan fingerprint density at radius 1 is 1.57 bits per heavy atom. The molecule has 82 valence electrons. The van der Waals surface area contributed by atoms with Crippen LogP contribution in [0, 0.1) is 5.41 Å². The number of aliphatic hydroxyl groups excluding tert-OH is 1. The Hall–Kier alpha value is -0.830. The highest BCUT2D eigenvalue weighted by atomic mass is 16.3. The summed E-state index contributed by atoms with van der Waals surface area (Å²) in [7, 11) is 0. The van der Waals surface area contributed by atoms with Gasteiger partial charge in [-0.25, -0.2) is 0 Å². The summed E-state index contributed by atoms with van der Waals surface area (Å²) < 4.78 is 0. The van der Waals surface area contributed by atoms with E-state index in [1.807, 2.05) is 0 Å². The lowest BCUT2D eigenvalue weighted by molar-refractivity contribution is -0.120. The molecule has 0 aliphatic carbocycles. The van der Waals surface area contributed by atoms with Gasteiger partial charge in [-0.3, -0.25) is 4.79 Å². The van der Waals surface area contributed by atoms with E-state index in [1.165, 1.54) is 0 Å². The van der Waals surface area contributed by atoms with Gasteiger partial charge in [-0.1, -0.05) is 26.8 Å². The maximum Gasteiger partial charge on any atom is 0.223 e. The summed E-state index contributed by atoms with van der Waals surface area (Å²) in [5.41, 5.74) is 0.0859. The standard InChI is InChI=1S/C11H21NO2/c1-5-6-10(14)12-8-9(13)7-11(2,3)4/h5,9,13H,1,6-8H2,2-4H3,(H,12,14). The van der Waals surface area contributed by atoms with Gasteiger partial charge in [0.2, 0.25) is 5.91 Å². The predicted molar refractivity (Wildman–Crippen MR) is 57.9 cm³/mol. The lowest BCUT2D eigenvalue weighted by Gasteiger charge is -2.22. The number of carbonyl (C=O) groups is 1. The Morgan fingerprint density at radius 3 is 2.57 bits per heavy atom. The van der Waals surface area contributed by atoms with Gasteiger partial charge < -0.3 is 10.4 Å². The third kappa shape index (κ3) is 7.80. The van der Waals surface area contributed by atoms with Crippen molar-refractivity contribution in [2.75, 3.05) is 6.54 Å². The molecule has 1 atom stereocenters. The molecule has 3 nitrogen and oxygen atoms in total. The van der Waals surface area contributed by atoms with Gasteiger partial charge in [-0.2, -0.15) is 0 Å². The van der Waals surface area contributed by atoms with Gasteiger partial charge in [0, 0.05) is 13.0 Å². The maximum absolute atomic E-state index is 11.0. The van der Waals surface area contributed by atoms with Crippen LogP contribution in [-0.4, -0.2) is 23.7 Å². The van der Waals surface area contributed by atoms with Crippen molar-refractivity contribution in [3.05, 3.63) is 12.7 Å². The summed E-state index contributed by atoms with van der Waals surface area (Å²) in [4.78, 5) is 11.0. The largest absolute Gasteiger partial charge is 0.391 e. The van der Waals surface area contributed by atoms with E-state index < -0.39 is 6.10 Å². The van der Waals surface area contributed by atoms with Crippen LogP contribution in [0.3, 0.4) is 0 Å². The average molecular weight is 199 g/mol. The molecule has 1 amide bonds. The molecule has 0 aromatic heterocycles. The van der Waals surface area contributed by atoms with Crippen molar-refractivity contribution >= 4 is 5.91 Å². The third-order valence-corrected chi connectivity index (χ3v) is 1.71. The summed E-state index contributed by atoms with van der Waals surface area (Å²) in [6.07, 6.45) is 2.07. The molecule has 0 heterocycles. The van der Waals surface area contributed by atoms with Crippen molar-refractivity contribution in [2.24, 2.45) is 5.41 Å². The fourth-order valence-corrected chi connectivity index (χ4v) is 1.21. The third-order valence-electron chi connectivity index (χ3n) is 1.71. The Balaban J connectivity index is 3.68. The van der Waals surface area contributed by atoms with E-state index in [0.29, 0.717) is 19.4 Å². The summed E-state index contributed by atoms with van der Waals surface area (Å²) >= 11 is 0. The first-order valence-electron chi connectivity index (χ1n) is 4.91. The number of aliphatic hydroxyl groups is 1. The van der Waals surface area contributed by atoms with E-state index >= 15 is 0 Å². The molecular formula is C11H21NO2. The van der Waals surface area contributed by atoms with Gasteiger partial charge in [-0.15, -0.1) is 6.58 Å². The Labute approximate surface area is 86.2 Å². The Bertz CT molecular complexity index is 194. The number of carbonyl (C=O) groups excluding carboxylic acids is 1. The number of hydrogen-bond acceptors (Lipinski definition) is 2. The minimum atomic E-state index is -0.469. The summed E-state index contributed by atoms with van der Waals surface area (Å²) in [6.45, 7) is 9.96. The second-order valence-corrected chi connectivity index (χ2v) is 4.72. The molecule has 0 saturated heterocycles. The van der Waals surface area contributed by atoms with Crippen LogP contribution in [0.15, 0.2) is 12.7 Å². The molecule has 2 N–H and O–H groups in total. The molecule has 0 aliphatic heterocycles. The lowest BCUT2D eigenvalue weighted by Crippen LogP contribution is -2.33. The zero-order valence-electron chi connectivity index (χ0n) is 9.34. The van der Waals surface area contributed by atoms with E-state index in [0.717, 1.165) is 0 Å². The monoisotopic (exact) mass is 199 g/mol. The summed E-state index contributed by atoms with van der Waals surface area (Å²) in [5.74, 6) is -0.0899. The highest BCUT2D eigenvalue weighted by molar-refractivity contribution is 5.77. The number of nitrogens with one attached hydrogen (secondary N) is 1. The zero-order valence-corrected chi connectivity index (χ0v) is 9.34. The van der Waals surface area contributed by atoms with Gasteiger partial charge in [0.05, 0.1) is 6.10 Å². The minimum absolute atomic E-state index is 0.0859. The van der Waals surface area contributed by atoms with Crippen LogP contribution in [0.25, 0.3) is 0 Å². The summed E-state index contributed by atoms with van der Waals surface area (Å²) in [5, 5.41) is 12.2. The second-order valence-electron chi connectivity index (χ2n) is 4.72. The van der Waals surface area contributed by atoms with E-state index in [9.17, 15) is 9.90 Å². The van der Waals surface area contributed by atoms with E-state index in [-0.39, 0.29) is 11.3 Å². The normalized spacial score (nSPS) is 13.4. The van der Waals surface area contributed by atoms with Crippen molar-refractivity contribution in [1.82, 2.24) is 5.32 Å². The predicted octanol–water partition coefficient (Wildman–Crippen LogP) is 1.48. The van der Waals surface area contributed by atoms with Crippen LogP contribution < -0.4 is 5.32 Å². The van der Waals surface area contributed by atoms with Gasteiger partial charge in [0.25, 0.3) is 0 Å². The first-order chi connectivity index (χ1) is 6.35. The first kappa shape index (κ1) is 13.2. The topological polar surface area (TPSA) is 49.3 Å². The molecule has 0 aromatic rings. The van der Waals surface area contributed by atoms with Gasteiger partial charge in [0.1, 0.15) is 0 Å². The fourth-order valence-electron chi connectivity index (χ4n) is 1.21. The molecule has 0 rings (SSSR count). The average Bonchev–Trinajstić information content (AvgIpc) is 1.98. The Kier molecular flexibility index (Phi) is 5.46. The first-order valence-corrected chi connectivity index (χ1v) is 4.91. The highest BCUT2D eigenvalue weighted by Crippen LogP contribution is 2.20. The van der Waals surface area contributed by atoms with E-state index in [4.69, 9.17) is 0 Å². The van der Waals surface area contributed by atoms with Crippen LogP contribution >= 0.6 is 0 Å². The highest BCUT2D eigenvalue weighted by Gasteiger charge is 2.16. The van der Waals surface area contributed by atoms with Crippen molar-refractivity contribution < 1.29 is 9.90 Å².